The van der Waals surface area contributed by atoms with Crippen molar-refractivity contribution >= 4 is 22.5 Å². The topological polar surface area (TPSA) is 35.6 Å². The van der Waals surface area contributed by atoms with Gasteiger partial charge in [0.2, 0.25) is 0 Å². The van der Waals surface area contributed by atoms with E-state index >= 15 is 0 Å². The highest BCUT2D eigenvalue weighted by Gasteiger charge is 2.23. The van der Waals surface area contributed by atoms with Gasteiger partial charge < -0.3 is 10.2 Å². The van der Waals surface area contributed by atoms with Crippen LogP contribution in [0.1, 0.15) is 19.4 Å². The van der Waals surface area contributed by atoms with Crippen molar-refractivity contribution < 1.29 is 0 Å². The number of hydrogen-bond acceptors (Lipinski definition) is 4. The second kappa shape index (κ2) is 8.20. The molecule has 1 fully saturated rings. The molecule has 4 nitrogen and oxygen atoms in total. The lowest BCUT2D eigenvalue weighted by atomic mass is 10.0. The molecule has 0 aliphatic carbocycles. The Hall–Kier alpha value is -3.11. The number of piperazine rings is 1. The third kappa shape index (κ3) is 3.84. The van der Waals surface area contributed by atoms with E-state index in [2.05, 4.69) is 65.4 Å². The first-order chi connectivity index (χ1) is 15.1. The van der Waals surface area contributed by atoms with Crippen molar-refractivity contribution in [1.29, 1.82) is 0 Å². The zero-order chi connectivity index (χ0) is 21.4. The fraction of sp³-hybridized carbons (Fsp3) is 0.296. The van der Waals surface area contributed by atoms with Crippen LogP contribution in [0.25, 0.3) is 28.0 Å². The molecule has 2 heterocycles. The predicted octanol–water partition coefficient (Wildman–Crippen LogP) is 4.66. The zero-order valence-electron chi connectivity index (χ0n) is 18.3. The Morgan fingerprint density at radius 3 is 2.35 bits per heavy atom. The molecule has 0 amide bonds. The van der Waals surface area contributed by atoms with Crippen LogP contribution in [-0.4, -0.2) is 48.6 Å². The van der Waals surface area contributed by atoms with Crippen molar-refractivity contribution in [3.63, 3.8) is 0 Å². The van der Waals surface area contributed by atoms with E-state index in [1.54, 1.807) is 0 Å². The van der Waals surface area contributed by atoms with Crippen LogP contribution in [0.5, 0.6) is 0 Å². The minimum atomic E-state index is 0.0956. The van der Waals surface area contributed by atoms with Crippen molar-refractivity contribution in [1.82, 2.24) is 9.80 Å². The molecule has 0 aromatic heterocycles. The number of hydrogen-bond donors (Lipinski definition) is 1. The first kappa shape index (κ1) is 19.8. The summed E-state index contributed by atoms with van der Waals surface area (Å²) >= 11 is 0. The molecule has 31 heavy (non-hydrogen) atoms. The summed E-state index contributed by atoms with van der Waals surface area (Å²) in [5.41, 5.74) is 5.20. The van der Waals surface area contributed by atoms with Gasteiger partial charge in [-0.25, -0.2) is 0 Å². The number of nitrogens with zero attached hydrogens (tertiary/aromatic N) is 2. The van der Waals surface area contributed by atoms with E-state index in [1.165, 1.54) is 5.70 Å². The molecule has 0 saturated carbocycles. The van der Waals surface area contributed by atoms with E-state index < -0.39 is 0 Å². The molecular weight excluding hydrogens is 382 g/mol. The highest BCUT2D eigenvalue weighted by molar-refractivity contribution is 5.90. The molecule has 3 aromatic carbocycles. The van der Waals surface area contributed by atoms with Crippen LogP contribution >= 0.6 is 0 Å². The maximum absolute atomic E-state index is 13.6. The van der Waals surface area contributed by atoms with Crippen molar-refractivity contribution in [3.8, 4) is 11.1 Å². The predicted molar refractivity (Wildman–Crippen MR) is 130 cm³/mol. The summed E-state index contributed by atoms with van der Waals surface area (Å²) < 4.78 is 0. The molecule has 2 aliphatic rings. The average Bonchev–Trinajstić information content (AvgIpc) is 2.96. The number of rotatable bonds is 3. The number of nitrogens with one attached hydrogen (secondary N) is 1. The van der Waals surface area contributed by atoms with Gasteiger partial charge in [-0.1, -0.05) is 48.5 Å². The van der Waals surface area contributed by atoms with Gasteiger partial charge in [0, 0.05) is 54.6 Å². The summed E-state index contributed by atoms with van der Waals surface area (Å²) in [6, 6.07) is 21.1. The fourth-order valence-corrected chi connectivity index (χ4v) is 4.67. The SMILES string of the molecule is CC(C)N1CCN(C2=Cc3c(ccc4ccc(-c5ccccc5)cc4c3=O)NC2)CC1. The third-order valence-electron chi connectivity index (χ3n) is 6.59. The van der Waals surface area contributed by atoms with Gasteiger partial charge in [-0.15, -0.1) is 0 Å². The molecule has 1 saturated heterocycles. The molecule has 0 radical (unpaired) electrons. The van der Waals surface area contributed by atoms with Gasteiger partial charge in [0.1, 0.15) is 0 Å². The summed E-state index contributed by atoms with van der Waals surface area (Å²) in [7, 11) is 0. The smallest absolute Gasteiger partial charge is 0.195 e. The monoisotopic (exact) mass is 411 g/mol. The van der Waals surface area contributed by atoms with Crippen LogP contribution in [0.4, 0.5) is 5.69 Å². The van der Waals surface area contributed by atoms with Crippen LogP contribution in [0.15, 0.2) is 71.2 Å². The Morgan fingerprint density at radius 2 is 1.61 bits per heavy atom. The van der Waals surface area contributed by atoms with E-state index in [4.69, 9.17) is 0 Å². The van der Waals surface area contributed by atoms with Crippen molar-refractivity contribution in [2.45, 2.75) is 19.9 Å². The summed E-state index contributed by atoms with van der Waals surface area (Å²) in [6.07, 6.45) is 2.12. The van der Waals surface area contributed by atoms with Crippen LogP contribution < -0.4 is 10.7 Å². The quantitative estimate of drug-likeness (QED) is 0.680. The van der Waals surface area contributed by atoms with Crippen molar-refractivity contribution in [2.75, 3.05) is 38.0 Å². The van der Waals surface area contributed by atoms with Crippen LogP contribution in [0.2, 0.25) is 0 Å². The van der Waals surface area contributed by atoms with E-state index in [1.807, 2.05) is 30.3 Å². The average molecular weight is 412 g/mol. The molecule has 158 valence electrons. The maximum atomic E-state index is 13.6. The van der Waals surface area contributed by atoms with Gasteiger partial charge in [-0.2, -0.15) is 0 Å². The molecule has 5 rings (SSSR count). The Labute approximate surface area is 183 Å². The Morgan fingerprint density at radius 1 is 0.871 bits per heavy atom. The van der Waals surface area contributed by atoms with Crippen molar-refractivity contribution in [2.24, 2.45) is 0 Å². The first-order valence-corrected chi connectivity index (χ1v) is 11.2. The van der Waals surface area contributed by atoms with Crippen LogP contribution in [-0.2, 0) is 0 Å². The first-order valence-electron chi connectivity index (χ1n) is 11.2. The molecule has 0 bridgehead atoms. The molecule has 0 atom stereocenters. The summed E-state index contributed by atoms with van der Waals surface area (Å²) in [4.78, 5) is 18.6. The van der Waals surface area contributed by atoms with Crippen LogP contribution in [0, 0.1) is 0 Å². The van der Waals surface area contributed by atoms with Gasteiger partial charge in [-0.3, -0.25) is 9.69 Å². The van der Waals surface area contributed by atoms with E-state index in [0.717, 1.165) is 65.9 Å². The fourth-order valence-electron chi connectivity index (χ4n) is 4.67. The second-order valence-electron chi connectivity index (χ2n) is 8.76. The van der Waals surface area contributed by atoms with E-state index in [9.17, 15) is 4.79 Å². The molecule has 3 aromatic rings. The zero-order valence-corrected chi connectivity index (χ0v) is 18.3. The van der Waals surface area contributed by atoms with Gasteiger partial charge in [0.15, 0.2) is 5.43 Å². The highest BCUT2D eigenvalue weighted by atomic mass is 16.1. The van der Waals surface area contributed by atoms with E-state index in [0.29, 0.717) is 6.04 Å². The lowest BCUT2D eigenvalue weighted by molar-refractivity contribution is 0.130. The molecule has 1 N–H and O–H groups in total. The van der Waals surface area contributed by atoms with Crippen LogP contribution in [0.3, 0.4) is 0 Å². The normalized spacial score (nSPS) is 16.7. The molecule has 0 spiro atoms. The summed E-state index contributed by atoms with van der Waals surface area (Å²) in [5.74, 6) is 0. The van der Waals surface area contributed by atoms with Gasteiger partial charge in [0.25, 0.3) is 0 Å². The van der Waals surface area contributed by atoms with Crippen molar-refractivity contribution in [3.05, 3.63) is 82.1 Å². The highest BCUT2D eigenvalue weighted by Crippen LogP contribution is 2.27. The summed E-state index contributed by atoms with van der Waals surface area (Å²) in [6.45, 7) is 9.43. The molecular formula is C27H29N3O. The van der Waals surface area contributed by atoms with Gasteiger partial charge in [0.05, 0.1) is 6.54 Å². The minimum absolute atomic E-state index is 0.0956. The molecule has 2 aliphatic heterocycles. The lowest BCUT2D eigenvalue weighted by Crippen LogP contribution is -2.49. The standard InChI is InChI=1S/C27H29N3O/c1-19(2)29-12-14-30(15-13-29)23-17-25-26(28-18-23)11-10-21-8-9-22(16-24(21)27(25)31)20-6-4-3-5-7-20/h3-11,16-17,19,28H,12-15,18H2,1-2H3. The third-order valence-corrected chi connectivity index (χ3v) is 6.59. The maximum Gasteiger partial charge on any atom is 0.195 e. The Bertz CT molecular complexity index is 1190. The Balaban J connectivity index is 1.54. The minimum Gasteiger partial charge on any atom is -0.379 e. The number of fused-ring (bicyclic) bond motifs is 2. The largest absolute Gasteiger partial charge is 0.379 e. The van der Waals surface area contributed by atoms with Gasteiger partial charge in [-0.05, 0) is 48.6 Å². The summed E-state index contributed by atoms with van der Waals surface area (Å²) in [5, 5.41) is 5.25. The Kier molecular flexibility index (Phi) is 5.24. The molecule has 4 heteroatoms. The number of benzene rings is 2. The van der Waals surface area contributed by atoms with E-state index in [-0.39, 0.29) is 5.43 Å². The lowest BCUT2D eigenvalue weighted by Gasteiger charge is -2.40. The number of anilines is 1. The van der Waals surface area contributed by atoms with Gasteiger partial charge >= 0.3 is 0 Å². The molecule has 0 unspecified atom stereocenters. The second-order valence-corrected chi connectivity index (χ2v) is 8.76.